The first-order valence-electron chi connectivity index (χ1n) is 5.71. The molecule has 0 radical (unpaired) electrons. The van der Waals surface area contributed by atoms with Crippen LogP contribution in [0.25, 0.3) is 0 Å². The number of likely N-dealkylation sites (N-methyl/N-ethyl adjacent to an activating group) is 1. The van der Waals surface area contributed by atoms with Crippen molar-refractivity contribution < 1.29 is 18.4 Å². The zero-order valence-corrected chi connectivity index (χ0v) is 10.5. The maximum atomic E-state index is 13.3. The average molecular weight is 271 g/mol. The van der Waals surface area contributed by atoms with Crippen LogP contribution in [0.3, 0.4) is 0 Å². The van der Waals surface area contributed by atoms with Gasteiger partial charge in [0.25, 0.3) is 0 Å². The van der Waals surface area contributed by atoms with Gasteiger partial charge in [0.15, 0.2) is 0 Å². The Kier molecular flexibility index (Phi) is 5.37. The van der Waals surface area contributed by atoms with Crippen molar-refractivity contribution >= 4 is 17.5 Å². The van der Waals surface area contributed by atoms with Crippen LogP contribution in [0.5, 0.6) is 0 Å². The highest BCUT2D eigenvalue weighted by molar-refractivity contribution is 5.94. The third kappa shape index (κ3) is 3.99. The minimum atomic E-state index is -0.874. The third-order valence-corrected chi connectivity index (χ3v) is 2.47. The highest BCUT2D eigenvalue weighted by Crippen LogP contribution is 2.17. The number of hydrogen-bond donors (Lipinski definition) is 2. The van der Waals surface area contributed by atoms with Crippen LogP contribution in [0, 0.1) is 11.6 Å². The van der Waals surface area contributed by atoms with Crippen LogP contribution in [-0.2, 0) is 9.59 Å². The number of carbonyl (C=O) groups is 2. The van der Waals surface area contributed by atoms with Crippen LogP contribution in [0.4, 0.5) is 14.5 Å². The van der Waals surface area contributed by atoms with E-state index in [1.54, 1.807) is 6.92 Å². The summed E-state index contributed by atoms with van der Waals surface area (Å²) in [5.74, 6) is -2.84. The van der Waals surface area contributed by atoms with Gasteiger partial charge in [0, 0.05) is 6.54 Å². The van der Waals surface area contributed by atoms with Crippen LogP contribution >= 0.6 is 0 Å². The third-order valence-electron chi connectivity index (χ3n) is 2.47. The summed E-state index contributed by atoms with van der Waals surface area (Å²) >= 11 is 0. The summed E-state index contributed by atoms with van der Waals surface area (Å²) in [5.41, 5.74) is 4.66. The van der Waals surface area contributed by atoms with Crippen LogP contribution in [-0.4, -0.2) is 36.3 Å². The van der Waals surface area contributed by atoms with Gasteiger partial charge in [-0.2, -0.15) is 0 Å². The lowest BCUT2D eigenvalue weighted by atomic mass is 10.3. The van der Waals surface area contributed by atoms with Crippen molar-refractivity contribution in [3.63, 3.8) is 0 Å². The van der Waals surface area contributed by atoms with E-state index in [2.05, 4.69) is 5.32 Å². The highest BCUT2D eigenvalue weighted by Gasteiger charge is 2.16. The smallest absolute Gasteiger partial charge is 0.244 e. The lowest BCUT2D eigenvalue weighted by Gasteiger charge is -2.19. The van der Waals surface area contributed by atoms with Crippen molar-refractivity contribution in [3.05, 3.63) is 29.8 Å². The zero-order chi connectivity index (χ0) is 14.4. The van der Waals surface area contributed by atoms with E-state index in [9.17, 15) is 18.4 Å². The summed E-state index contributed by atoms with van der Waals surface area (Å²) in [6.07, 6.45) is 0. The Bertz CT molecular complexity index is 460. The Balaban J connectivity index is 2.72. The molecule has 0 atom stereocenters. The first kappa shape index (κ1) is 15.0. The monoisotopic (exact) mass is 271 g/mol. The number of nitrogens with one attached hydrogen (secondary N) is 1. The quantitative estimate of drug-likeness (QED) is 0.828. The number of hydrogen-bond acceptors (Lipinski definition) is 3. The minimum Gasteiger partial charge on any atom is -0.333 e. The molecule has 0 bridgehead atoms. The van der Waals surface area contributed by atoms with E-state index in [1.807, 2.05) is 0 Å². The molecule has 19 heavy (non-hydrogen) atoms. The van der Waals surface area contributed by atoms with Crippen molar-refractivity contribution in [2.24, 2.45) is 5.73 Å². The van der Waals surface area contributed by atoms with Gasteiger partial charge in [-0.25, -0.2) is 8.78 Å². The Hall–Kier alpha value is -2.02. The molecule has 0 unspecified atom stereocenters. The average Bonchev–Trinajstić information content (AvgIpc) is 2.39. The van der Waals surface area contributed by atoms with Gasteiger partial charge >= 0.3 is 0 Å². The molecular weight excluding hydrogens is 256 g/mol. The Labute approximate surface area is 109 Å². The molecule has 1 aromatic rings. The number of nitrogens with zero attached hydrogens (tertiary/aromatic N) is 1. The maximum Gasteiger partial charge on any atom is 0.244 e. The number of para-hydroxylation sites is 1. The normalized spacial score (nSPS) is 10.1. The molecule has 2 amide bonds. The van der Waals surface area contributed by atoms with Gasteiger partial charge in [0.2, 0.25) is 11.8 Å². The standard InChI is InChI=1S/C12H15F2N3O2/c1-2-17(11(19)6-15)7-10(18)16-12-8(13)4-3-5-9(12)14/h3-5H,2,6-7,15H2,1H3,(H,16,18). The molecule has 0 spiro atoms. The predicted molar refractivity (Wildman–Crippen MR) is 66.3 cm³/mol. The van der Waals surface area contributed by atoms with Gasteiger partial charge in [-0.3, -0.25) is 9.59 Å². The SMILES string of the molecule is CCN(CC(=O)Nc1c(F)cccc1F)C(=O)CN. The lowest BCUT2D eigenvalue weighted by molar-refractivity contribution is -0.133. The Morgan fingerprint density at radius 2 is 1.89 bits per heavy atom. The molecule has 0 aliphatic carbocycles. The number of anilines is 1. The van der Waals surface area contributed by atoms with Crippen molar-refractivity contribution in [2.45, 2.75) is 6.92 Å². The lowest BCUT2D eigenvalue weighted by Crippen LogP contribution is -2.41. The summed E-state index contributed by atoms with van der Waals surface area (Å²) in [6.45, 7) is 1.42. The predicted octanol–water partition coefficient (Wildman–Crippen LogP) is 0.711. The number of nitrogens with two attached hydrogens (primary N) is 1. The van der Waals surface area contributed by atoms with Gasteiger partial charge in [-0.15, -0.1) is 0 Å². The Morgan fingerprint density at radius 1 is 1.32 bits per heavy atom. The maximum absolute atomic E-state index is 13.3. The second kappa shape index (κ2) is 6.79. The highest BCUT2D eigenvalue weighted by atomic mass is 19.1. The van der Waals surface area contributed by atoms with Crippen molar-refractivity contribution in [1.29, 1.82) is 0 Å². The topological polar surface area (TPSA) is 75.4 Å². The van der Waals surface area contributed by atoms with E-state index in [1.165, 1.54) is 11.0 Å². The van der Waals surface area contributed by atoms with Gasteiger partial charge < -0.3 is 16.0 Å². The van der Waals surface area contributed by atoms with Crippen LogP contribution in [0.1, 0.15) is 6.92 Å². The summed E-state index contributed by atoms with van der Waals surface area (Å²) in [7, 11) is 0. The van der Waals surface area contributed by atoms with Crippen molar-refractivity contribution in [1.82, 2.24) is 4.90 Å². The van der Waals surface area contributed by atoms with E-state index < -0.39 is 29.1 Å². The number of carbonyl (C=O) groups excluding carboxylic acids is 2. The molecule has 7 heteroatoms. The molecule has 3 N–H and O–H groups in total. The molecule has 0 saturated heterocycles. The fourth-order valence-electron chi connectivity index (χ4n) is 1.47. The van der Waals surface area contributed by atoms with Crippen LogP contribution in [0.15, 0.2) is 18.2 Å². The molecule has 0 aliphatic heterocycles. The second-order valence-electron chi connectivity index (χ2n) is 3.76. The van der Waals surface area contributed by atoms with E-state index in [0.717, 1.165) is 12.1 Å². The van der Waals surface area contributed by atoms with Crippen molar-refractivity contribution in [2.75, 3.05) is 25.0 Å². The fraction of sp³-hybridized carbons (Fsp3) is 0.333. The first-order valence-corrected chi connectivity index (χ1v) is 5.71. The fourth-order valence-corrected chi connectivity index (χ4v) is 1.47. The minimum absolute atomic E-state index is 0.227. The zero-order valence-electron chi connectivity index (χ0n) is 10.5. The summed E-state index contributed by atoms with van der Waals surface area (Å²) in [4.78, 5) is 24.2. The largest absolute Gasteiger partial charge is 0.333 e. The van der Waals surface area contributed by atoms with Gasteiger partial charge in [-0.1, -0.05) is 6.07 Å². The molecule has 0 saturated carbocycles. The molecule has 0 aliphatic rings. The van der Waals surface area contributed by atoms with E-state index in [-0.39, 0.29) is 19.6 Å². The summed E-state index contributed by atoms with van der Waals surface area (Å²) in [5, 5.41) is 2.10. The molecular formula is C12H15F2N3O2. The number of rotatable bonds is 5. The molecule has 0 fully saturated rings. The molecule has 0 heterocycles. The van der Waals surface area contributed by atoms with Gasteiger partial charge in [-0.05, 0) is 19.1 Å². The number of halogens is 2. The van der Waals surface area contributed by atoms with Crippen LogP contribution < -0.4 is 11.1 Å². The van der Waals surface area contributed by atoms with E-state index in [0.29, 0.717) is 0 Å². The molecule has 5 nitrogen and oxygen atoms in total. The number of amides is 2. The molecule has 1 rings (SSSR count). The van der Waals surface area contributed by atoms with Gasteiger partial charge in [0.05, 0.1) is 13.1 Å². The second-order valence-corrected chi connectivity index (χ2v) is 3.76. The van der Waals surface area contributed by atoms with Gasteiger partial charge in [0.1, 0.15) is 17.3 Å². The van der Waals surface area contributed by atoms with Crippen LogP contribution in [0.2, 0.25) is 0 Å². The summed E-state index contributed by atoms with van der Waals surface area (Å²) in [6, 6.07) is 3.25. The first-order chi connectivity index (χ1) is 8.99. The Morgan fingerprint density at radius 3 is 2.37 bits per heavy atom. The molecule has 0 aromatic heterocycles. The number of benzene rings is 1. The molecule has 104 valence electrons. The summed E-state index contributed by atoms with van der Waals surface area (Å²) < 4.78 is 26.6. The van der Waals surface area contributed by atoms with Crippen molar-refractivity contribution in [3.8, 4) is 0 Å². The van der Waals surface area contributed by atoms with E-state index in [4.69, 9.17) is 5.73 Å². The molecule has 1 aromatic carbocycles. The van der Waals surface area contributed by atoms with E-state index >= 15 is 0 Å².